The second kappa shape index (κ2) is 3.91. The summed E-state index contributed by atoms with van der Waals surface area (Å²) in [6.45, 7) is 7.14. The third-order valence-electron chi connectivity index (χ3n) is 5.55. The van der Waals surface area contributed by atoms with E-state index in [4.69, 9.17) is 4.74 Å². The zero-order chi connectivity index (χ0) is 13.1. The second-order valence-electron chi connectivity index (χ2n) is 6.51. The molecule has 0 aromatic carbocycles. The molecule has 100 valence electrons. The van der Waals surface area contributed by atoms with Crippen molar-refractivity contribution < 1.29 is 14.6 Å². The van der Waals surface area contributed by atoms with Crippen LogP contribution >= 0.6 is 0 Å². The molecular formula is C15H22O3. The van der Waals surface area contributed by atoms with Gasteiger partial charge >= 0.3 is 0 Å². The monoisotopic (exact) mass is 250 g/mol. The number of rotatable bonds is 0. The number of Topliss-reactive ketones (excluding diaryl/α,β-unsaturated/α-hetero) is 1. The topological polar surface area (TPSA) is 46.5 Å². The molecule has 3 nitrogen and oxygen atoms in total. The quantitative estimate of drug-likeness (QED) is 0.668. The SMILES string of the molecule is CC1COC2C=C3C(O)CCC(C)C3(C)C1C2=O. The molecule has 1 saturated carbocycles. The Morgan fingerprint density at radius 1 is 1.39 bits per heavy atom. The van der Waals surface area contributed by atoms with E-state index >= 15 is 0 Å². The van der Waals surface area contributed by atoms with Crippen LogP contribution in [0.2, 0.25) is 0 Å². The zero-order valence-electron chi connectivity index (χ0n) is 11.3. The smallest absolute Gasteiger partial charge is 0.169 e. The molecule has 2 aliphatic carbocycles. The van der Waals surface area contributed by atoms with Gasteiger partial charge in [-0.2, -0.15) is 0 Å². The maximum Gasteiger partial charge on any atom is 0.169 e. The van der Waals surface area contributed by atoms with Gasteiger partial charge in [-0.05, 0) is 36.3 Å². The van der Waals surface area contributed by atoms with Gasteiger partial charge < -0.3 is 9.84 Å². The van der Waals surface area contributed by atoms with Gasteiger partial charge in [0.1, 0.15) is 6.10 Å². The number of aliphatic hydroxyl groups is 1. The predicted molar refractivity (Wildman–Crippen MR) is 68.0 cm³/mol. The fraction of sp³-hybridized carbons (Fsp3) is 0.800. The summed E-state index contributed by atoms with van der Waals surface area (Å²) in [4.78, 5) is 12.5. The number of carbonyl (C=O) groups is 1. The molecule has 0 aromatic rings. The minimum Gasteiger partial charge on any atom is -0.389 e. The Labute approximate surface area is 108 Å². The Bertz CT molecular complexity index is 414. The van der Waals surface area contributed by atoms with E-state index in [1.807, 2.05) is 6.08 Å². The Balaban J connectivity index is 2.14. The van der Waals surface area contributed by atoms with E-state index in [1.165, 1.54) is 0 Å². The van der Waals surface area contributed by atoms with Crippen molar-refractivity contribution in [2.24, 2.45) is 23.2 Å². The van der Waals surface area contributed by atoms with Crippen molar-refractivity contribution in [1.82, 2.24) is 0 Å². The first-order valence-electron chi connectivity index (χ1n) is 7.01. The van der Waals surface area contributed by atoms with Crippen LogP contribution in [0.25, 0.3) is 0 Å². The van der Waals surface area contributed by atoms with Crippen molar-refractivity contribution >= 4 is 5.78 Å². The van der Waals surface area contributed by atoms with E-state index in [-0.39, 0.29) is 23.0 Å². The van der Waals surface area contributed by atoms with E-state index in [1.54, 1.807) is 0 Å². The van der Waals surface area contributed by atoms with E-state index in [9.17, 15) is 9.90 Å². The number of ether oxygens (including phenoxy) is 1. The fourth-order valence-electron chi connectivity index (χ4n) is 4.35. The molecule has 6 atom stereocenters. The van der Waals surface area contributed by atoms with E-state index in [0.29, 0.717) is 12.5 Å². The first-order chi connectivity index (χ1) is 8.46. The van der Waals surface area contributed by atoms with Gasteiger partial charge in [-0.1, -0.05) is 20.8 Å². The van der Waals surface area contributed by atoms with Crippen molar-refractivity contribution in [3.8, 4) is 0 Å². The number of hydrogen-bond donors (Lipinski definition) is 1. The predicted octanol–water partition coefficient (Wildman–Crippen LogP) is 1.94. The molecule has 3 aliphatic rings. The number of carbonyl (C=O) groups excluding carboxylic acids is 1. The van der Waals surface area contributed by atoms with Crippen LogP contribution in [0.3, 0.4) is 0 Å². The van der Waals surface area contributed by atoms with Gasteiger partial charge in [0, 0.05) is 11.3 Å². The van der Waals surface area contributed by atoms with Crippen LogP contribution in [0, 0.1) is 23.2 Å². The maximum absolute atomic E-state index is 12.5. The van der Waals surface area contributed by atoms with Crippen LogP contribution in [0.15, 0.2) is 11.6 Å². The summed E-state index contributed by atoms with van der Waals surface area (Å²) in [5.41, 5.74) is 0.886. The summed E-state index contributed by atoms with van der Waals surface area (Å²) in [6.07, 6.45) is 2.92. The molecule has 0 radical (unpaired) electrons. The number of fused-ring (bicyclic) bond motifs is 4. The van der Waals surface area contributed by atoms with Gasteiger partial charge in [-0.15, -0.1) is 0 Å². The molecule has 1 heterocycles. The third-order valence-corrected chi connectivity index (χ3v) is 5.55. The first-order valence-corrected chi connectivity index (χ1v) is 7.01. The molecule has 0 spiro atoms. The molecule has 3 heteroatoms. The highest BCUT2D eigenvalue weighted by Crippen LogP contribution is 2.56. The molecule has 1 saturated heterocycles. The summed E-state index contributed by atoms with van der Waals surface area (Å²) in [5.74, 6) is 0.931. The van der Waals surface area contributed by atoms with Gasteiger partial charge in [0.15, 0.2) is 5.78 Å². The normalized spacial score (nSPS) is 51.7. The Hall–Kier alpha value is -0.670. The lowest BCUT2D eigenvalue weighted by Gasteiger charge is -2.55. The number of aliphatic hydroxyl groups excluding tert-OH is 1. The summed E-state index contributed by atoms with van der Waals surface area (Å²) in [5, 5.41) is 10.3. The maximum atomic E-state index is 12.5. The lowest BCUT2D eigenvalue weighted by molar-refractivity contribution is -0.156. The van der Waals surface area contributed by atoms with Gasteiger partial charge in [0.25, 0.3) is 0 Å². The number of hydrogen-bond acceptors (Lipinski definition) is 3. The molecule has 2 fully saturated rings. The largest absolute Gasteiger partial charge is 0.389 e. The molecule has 18 heavy (non-hydrogen) atoms. The summed E-state index contributed by atoms with van der Waals surface area (Å²) in [6, 6.07) is 0. The highest BCUT2D eigenvalue weighted by Gasteiger charge is 2.57. The third kappa shape index (κ3) is 1.41. The van der Waals surface area contributed by atoms with Crippen LogP contribution < -0.4 is 0 Å². The molecular weight excluding hydrogens is 228 g/mol. The molecule has 2 bridgehead atoms. The lowest BCUT2D eigenvalue weighted by atomic mass is 9.51. The van der Waals surface area contributed by atoms with Crippen molar-refractivity contribution in [2.75, 3.05) is 6.61 Å². The molecule has 6 unspecified atom stereocenters. The highest BCUT2D eigenvalue weighted by atomic mass is 16.5. The molecule has 1 N–H and O–H groups in total. The first kappa shape index (κ1) is 12.4. The number of ketones is 1. The van der Waals surface area contributed by atoms with Gasteiger partial charge in [-0.3, -0.25) is 4.79 Å². The second-order valence-corrected chi connectivity index (χ2v) is 6.51. The van der Waals surface area contributed by atoms with Gasteiger partial charge in [0.2, 0.25) is 0 Å². The Morgan fingerprint density at radius 3 is 2.83 bits per heavy atom. The lowest BCUT2D eigenvalue weighted by Crippen LogP contribution is -2.58. The average molecular weight is 250 g/mol. The minimum atomic E-state index is -0.408. The van der Waals surface area contributed by atoms with Crippen LogP contribution in [-0.4, -0.2) is 29.7 Å². The van der Waals surface area contributed by atoms with Crippen LogP contribution in [0.4, 0.5) is 0 Å². The standard InChI is InChI=1S/C15H22O3/c1-8-7-18-12-6-10-11(16)5-4-9(2)15(10,3)13(8)14(12)17/h6,8-9,11-13,16H,4-5,7H2,1-3H3. The van der Waals surface area contributed by atoms with Gasteiger partial charge in [0.05, 0.1) is 12.7 Å². The summed E-state index contributed by atoms with van der Waals surface area (Å²) < 4.78 is 5.61. The molecule has 1 aliphatic heterocycles. The van der Waals surface area contributed by atoms with Crippen molar-refractivity contribution in [2.45, 2.75) is 45.8 Å². The van der Waals surface area contributed by atoms with Crippen molar-refractivity contribution in [3.63, 3.8) is 0 Å². The Morgan fingerprint density at radius 2 is 2.11 bits per heavy atom. The average Bonchev–Trinajstić information content (AvgIpc) is 2.31. The fourth-order valence-corrected chi connectivity index (χ4v) is 4.35. The van der Waals surface area contributed by atoms with Crippen molar-refractivity contribution in [1.29, 1.82) is 0 Å². The minimum absolute atomic E-state index is 0.0150. The summed E-state index contributed by atoms with van der Waals surface area (Å²) >= 11 is 0. The Kier molecular flexibility index (Phi) is 2.69. The highest BCUT2D eigenvalue weighted by molar-refractivity contribution is 5.91. The van der Waals surface area contributed by atoms with E-state index in [0.717, 1.165) is 18.4 Å². The zero-order valence-corrected chi connectivity index (χ0v) is 11.3. The summed E-state index contributed by atoms with van der Waals surface area (Å²) in [7, 11) is 0. The van der Waals surface area contributed by atoms with Crippen molar-refractivity contribution in [3.05, 3.63) is 11.6 Å². The van der Waals surface area contributed by atoms with E-state index in [2.05, 4.69) is 20.8 Å². The van der Waals surface area contributed by atoms with E-state index < -0.39 is 12.2 Å². The van der Waals surface area contributed by atoms with Crippen LogP contribution in [0.5, 0.6) is 0 Å². The molecule has 0 aromatic heterocycles. The molecule has 0 amide bonds. The molecule has 3 rings (SSSR count). The van der Waals surface area contributed by atoms with Crippen LogP contribution in [0.1, 0.15) is 33.6 Å². The van der Waals surface area contributed by atoms with Crippen LogP contribution in [-0.2, 0) is 9.53 Å². The van der Waals surface area contributed by atoms with Gasteiger partial charge in [-0.25, -0.2) is 0 Å².